The number of methoxy groups -OCH3 is 2. The number of aromatic nitrogens is 2. The van der Waals surface area contributed by atoms with E-state index in [0.717, 1.165) is 0 Å². The number of benzene rings is 1. The number of nitrogens with zero attached hydrogens (tertiary/aromatic N) is 2. The molecule has 1 heterocycles. The van der Waals surface area contributed by atoms with Gasteiger partial charge in [0.15, 0.2) is 0 Å². The molecule has 0 aliphatic carbocycles. The molecule has 1 unspecified atom stereocenters. The second-order valence-electron chi connectivity index (χ2n) is 5.15. The number of amides is 1. The van der Waals surface area contributed by atoms with E-state index < -0.39 is 5.91 Å². The standard InChI is InChI=1S/C16H21N5O3/c1-23-9-11(17)7-19-16-20-8-13(15(18)22)14(21-16)10-4-3-5-12(6-10)24-2/h3-6,8,11H,7,9,17H2,1-2H3,(H2,18,22)(H,19,20,21). The van der Waals surface area contributed by atoms with Gasteiger partial charge in [0.1, 0.15) is 5.75 Å². The fourth-order valence-corrected chi connectivity index (χ4v) is 2.13. The van der Waals surface area contributed by atoms with Crippen molar-refractivity contribution in [1.29, 1.82) is 0 Å². The van der Waals surface area contributed by atoms with E-state index in [1.165, 1.54) is 6.20 Å². The molecule has 0 spiro atoms. The Bertz CT molecular complexity index is 708. The van der Waals surface area contributed by atoms with Gasteiger partial charge in [0.2, 0.25) is 5.95 Å². The molecule has 8 nitrogen and oxygen atoms in total. The third kappa shape index (κ3) is 4.40. The second-order valence-corrected chi connectivity index (χ2v) is 5.15. The summed E-state index contributed by atoms with van der Waals surface area (Å²) in [4.78, 5) is 20.2. The van der Waals surface area contributed by atoms with Crippen LogP contribution >= 0.6 is 0 Å². The van der Waals surface area contributed by atoms with Gasteiger partial charge in [0.25, 0.3) is 5.91 Å². The summed E-state index contributed by atoms with van der Waals surface area (Å²) in [5.41, 5.74) is 12.7. The van der Waals surface area contributed by atoms with Crippen molar-refractivity contribution in [2.45, 2.75) is 6.04 Å². The lowest BCUT2D eigenvalue weighted by Crippen LogP contribution is -2.33. The van der Waals surface area contributed by atoms with Crippen LogP contribution in [0.15, 0.2) is 30.5 Å². The van der Waals surface area contributed by atoms with E-state index in [9.17, 15) is 4.79 Å². The summed E-state index contributed by atoms with van der Waals surface area (Å²) in [6, 6.07) is 7.00. The first kappa shape index (κ1) is 17.6. The first-order chi connectivity index (χ1) is 11.5. The molecule has 0 fully saturated rings. The molecule has 0 bridgehead atoms. The molecule has 1 aromatic heterocycles. The Morgan fingerprint density at radius 3 is 2.83 bits per heavy atom. The molecule has 1 aromatic carbocycles. The van der Waals surface area contributed by atoms with Crippen molar-refractivity contribution in [1.82, 2.24) is 9.97 Å². The zero-order valence-electron chi connectivity index (χ0n) is 13.7. The third-order valence-corrected chi connectivity index (χ3v) is 3.30. The first-order valence-corrected chi connectivity index (χ1v) is 7.34. The van der Waals surface area contributed by atoms with Gasteiger partial charge in [-0.2, -0.15) is 0 Å². The molecular weight excluding hydrogens is 310 g/mol. The molecular formula is C16H21N5O3. The van der Waals surface area contributed by atoms with E-state index in [2.05, 4.69) is 15.3 Å². The SMILES string of the molecule is COCC(N)CNc1ncc(C(N)=O)c(-c2cccc(OC)c2)n1. The number of carbonyl (C=O) groups is 1. The van der Waals surface area contributed by atoms with Crippen LogP contribution in [0.5, 0.6) is 5.75 Å². The number of ether oxygens (including phenoxy) is 2. The van der Waals surface area contributed by atoms with Crippen LogP contribution in [0.1, 0.15) is 10.4 Å². The number of primary amides is 1. The minimum atomic E-state index is -0.601. The monoisotopic (exact) mass is 331 g/mol. The lowest BCUT2D eigenvalue weighted by molar-refractivity contribution is 0.100. The molecule has 5 N–H and O–H groups in total. The average Bonchev–Trinajstić information content (AvgIpc) is 2.60. The summed E-state index contributed by atoms with van der Waals surface area (Å²) in [5.74, 6) is 0.401. The fraction of sp³-hybridized carbons (Fsp3) is 0.312. The summed E-state index contributed by atoms with van der Waals surface area (Å²) in [6.45, 7) is 0.844. The molecule has 128 valence electrons. The van der Waals surface area contributed by atoms with Crippen LogP contribution in [-0.4, -0.2) is 49.3 Å². The molecule has 0 saturated carbocycles. The maximum atomic E-state index is 11.7. The van der Waals surface area contributed by atoms with Crippen LogP contribution in [0, 0.1) is 0 Å². The molecule has 0 saturated heterocycles. The maximum Gasteiger partial charge on any atom is 0.252 e. The van der Waals surface area contributed by atoms with Crippen LogP contribution in [0.2, 0.25) is 0 Å². The highest BCUT2D eigenvalue weighted by molar-refractivity contribution is 5.98. The molecule has 1 amide bonds. The molecule has 1 atom stereocenters. The summed E-state index contributed by atoms with van der Waals surface area (Å²) in [7, 11) is 3.15. The Morgan fingerprint density at radius 1 is 1.38 bits per heavy atom. The van der Waals surface area contributed by atoms with Crippen LogP contribution in [0.3, 0.4) is 0 Å². The van der Waals surface area contributed by atoms with Crippen molar-refractivity contribution >= 4 is 11.9 Å². The number of anilines is 1. The Labute approximate surface area is 140 Å². The van der Waals surface area contributed by atoms with Gasteiger partial charge in [-0.25, -0.2) is 9.97 Å². The van der Waals surface area contributed by atoms with Crippen molar-refractivity contribution in [3.8, 4) is 17.0 Å². The van der Waals surface area contributed by atoms with Crippen LogP contribution in [-0.2, 0) is 4.74 Å². The number of rotatable bonds is 8. The molecule has 0 aliphatic rings. The first-order valence-electron chi connectivity index (χ1n) is 7.34. The zero-order chi connectivity index (χ0) is 17.5. The lowest BCUT2D eigenvalue weighted by Gasteiger charge is -2.13. The van der Waals surface area contributed by atoms with E-state index in [1.54, 1.807) is 26.4 Å². The Balaban J connectivity index is 2.32. The summed E-state index contributed by atoms with van der Waals surface area (Å²) in [5, 5.41) is 3.02. The maximum absolute atomic E-state index is 11.7. The second kappa shape index (κ2) is 8.23. The molecule has 2 aromatic rings. The predicted octanol–water partition coefficient (Wildman–Crippen LogP) is 0.637. The number of hydrogen-bond donors (Lipinski definition) is 3. The van der Waals surface area contributed by atoms with E-state index in [0.29, 0.717) is 36.1 Å². The van der Waals surface area contributed by atoms with Gasteiger partial charge in [0.05, 0.1) is 25.0 Å². The van der Waals surface area contributed by atoms with Crippen molar-refractivity contribution in [3.63, 3.8) is 0 Å². The van der Waals surface area contributed by atoms with Crippen molar-refractivity contribution in [3.05, 3.63) is 36.0 Å². The third-order valence-electron chi connectivity index (χ3n) is 3.30. The van der Waals surface area contributed by atoms with Gasteiger partial charge >= 0.3 is 0 Å². The van der Waals surface area contributed by atoms with Crippen molar-refractivity contribution in [2.24, 2.45) is 11.5 Å². The minimum Gasteiger partial charge on any atom is -0.497 e. The Hall–Kier alpha value is -2.71. The summed E-state index contributed by atoms with van der Waals surface area (Å²) >= 11 is 0. The van der Waals surface area contributed by atoms with Gasteiger partial charge in [-0.05, 0) is 12.1 Å². The lowest BCUT2D eigenvalue weighted by atomic mass is 10.1. The highest BCUT2D eigenvalue weighted by Gasteiger charge is 2.15. The minimum absolute atomic E-state index is 0.199. The summed E-state index contributed by atoms with van der Waals surface area (Å²) in [6.07, 6.45) is 1.40. The highest BCUT2D eigenvalue weighted by Crippen LogP contribution is 2.25. The number of hydrogen-bond acceptors (Lipinski definition) is 7. The van der Waals surface area contributed by atoms with Crippen molar-refractivity contribution < 1.29 is 14.3 Å². The van der Waals surface area contributed by atoms with Gasteiger partial charge in [-0.3, -0.25) is 4.79 Å². The molecule has 2 rings (SSSR count). The van der Waals surface area contributed by atoms with Crippen LogP contribution in [0.25, 0.3) is 11.3 Å². The predicted molar refractivity (Wildman–Crippen MR) is 90.9 cm³/mol. The fourth-order valence-electron chi connectivity index (χ4n) is 2.13. The van der Waals surface area contributed by atoms with Gasteiger partial charge in [0, 0.05) is 31.5 Å². The van der Waals surface area contributed by atoms with Crippen molar-refractivity contribution in [2.75, 3.05) is 32.7 Å². The topological polar surface area (TPSA) is 125 Å². The van der Waals surface area contributed by atoms with E-state index in [1.807, 2.05) is 12.1 Å². The van der Waals surface area contributed by atoms with Gasteiger partial charge in [-0.15, -0.1) is 0 Å². The zero-order valence-corrected chi connectivity index (χ0v) is 13.7. The average molecular weight is 331 g/mol. The molecule has 8 heteroatoms. The Morgan fingerprint density at radius 2 is 2.17 bits per heavy atom. The Kier molecular flexibility index (Phi) is 6.05. The van der Waals surface area contributed by atoms with Gasteiger partial charge < -0.3 is 26.3 Å². The van der Waals surface area contributed by atoms with Crippen LogP contribution in [0.4, 0.5) is 5.95 Å². The summed E-state index contributed by atoms with van der Waals surface area (Å²) < 4.78 is 10.2. The molecule has 24 heavy (non-hydrogen) atoms. The number of carbonyl (C=O) groups excluding carboxylic acids is 1. The number of nitrogens with one attached hydrogen (secondary N) is 1. The molecule has 0 aliphatic heterocycles. The normalized spacial score (nSPS) is 11.8. The van der Waals surface area contributed by atoms with E-state index in [4.69, 9.17) is 20.9 Å². The largest absolute Gasteiger partial charge is 0.497 e. The van der Waals surface area contributed by atoms with E-state index >= 15 is 0 Å². The van der Waals surface area contributed by atoms with E-state index in [-0.39, 0.29) is 11.6 Å². The van der Waals surface area contributed by atoms with Crippen LogP contribution < -0.4 is 21.5 Å². The smallest absolute Gasteiger partial charge is 0.252 e. The van der Waals surface area contributed by atoms with Gasteiger partial charge in [-0.1, -0.05) is 12.1 Å². The highest BCUT2D eigenvalue weighted by atomic mass is 16.5. The quantitative estimate of drug-likeness (QED) is 0.648. The number of nitrogens with two attached hydrogens (primary N) is 2. The molecule has 0 radical (unpaired) electrons.